The number of benzene rings is 2. The van der Waals surface area contributed by atoms with Crippen molar-refractivity contribution in [2.24, 2.45) is 0 Å². The summed E-state index contributed by atoms with van der Waals surface area (Å²) in [6.07, 6.45) is 2.16. The van der Waals surface area contributed by atoms with Gasteiger partial charge in [0.15, 0.2) is 0 Å². The second-order valence-corrected chi connectivity index (χ2v) is 5.73. The van der Waals surface area contributed by atoms with Gasteiger partial charge in [0.25, 0.3) is 0 Å². The van der Waals surface area contributed by atoms with E-state index in [0.29, 0.717) is 12.1 Å². The van der Waals surface area contributed by atoms with Crippen molar-refractivity contribution in [3.8, 4) is 0 Å². The minimum Gasteiger partial charge on any atom is -0.380 e. The summed E-state index contributed by atoms with van der Waals surface area (Å²) < 4.78 is 5.51. The Kier molecular flexibility index (Phi) is 3.06. The Bertz CT molecular complexity index is 571. The SMILES string of the molecule is c1ccc2c(c1)Cc1ccccc1C2NC1CCOC1. The lowest BCUT2D eigenvalue weighted by atomic mass is 9.82. The Hall–Kier alpha value is -1.64. The third kappa shape index (κ3) is 2.05. The molecule has 20 heavy (non-hydrogen) atoms. The van der Waals surface area contributed by atoms with Gasteiger partial charge in [0.05, 0.1) is 12.6 Å². The van der Waals surface area contributed by atoms with Crippen LogP contribution in [-0.2, 0) is 11.2 Å². The molecule has 1 aliphatic carbocycles. The highest BCUT2D eigenvalue weighted by Crippen LogP contribution is 2.35. The molecule has 0 bridgehead atoms. The molecule has 2 heteroatoms. The highest BCUT2D eigenvalue weighted by Gasteiger charge is 2.28. The van der Waals surface area contributed by atoms with Crippen molar-refractivity contribution in [2.45, 2.75) is 24.9 Å². The molecule has 4 rings (SSSR count). The van der Waals surface area contributed by atoms with Crippen LogP contribution in [0.5, 0.6) is 0 Å². The summed E-state index contributed by atoms with van der Waals surface area (Å²) >= 11 is 0. The molecule has 1 unspecified atom stereocenters. The van der Waals surface area contributed by atoms with E-state index in [1.807, 2.05) is 0 Å². The smallest absolute Gasteiger partial charge is 0.0620 e. The molecule has 2 aliphatic rings. The summed E-state index contributed by atoms with van der Waals surface area (Å²) in [6.45, 7) is 1.72. The lowest BCUT2D eigenvalue weighted by Gasteiger charge is -2.31. The van der Waals surface area contributed by atoms with Crippen LogP contribution in [0.15, 0.2) is 48.5 Å². The predicted molar refractivity (Wildman–Crippen MR) is 79.9 cm³/mol. The van der Waals surface area contributed by atoms with Crippen molar-refractivity contribution >= 4 is 0 Å². The molecular weight excluding hydrogens is 246 g/mol. The molecule has 1 saturated heterocycles. The van der Waals surface area contributed by atoms with E-state index in [1.165, 1.54) is 22.3 Å². The number of nitrogens with one attached hydrogen (secondary N) is 1. The van der Waals surface area contributed by atoms with E-state index in [0.717, 1.165) is 26.1 Å². The minimum absolute atomic E-state index is 0.308. The van der Waals surface area contributed by atoms with E-state index in [1.54, 1.807) is 0 Å². The van der Waals surface area contributed by atoms with Gasteiger partial charge in [-0.2, -0.15) is 0 Å². The quantitative estimate of drug-likeness (QED) is 0.901. The number of hydrogen-bond acceptors (Lipinski definition) is 2. The summed E-state index contributed by atoms with van der Waals surface area (Å²) in [6, 6.07) is 18.4. The molecule has 2 aromatic carbocycles. The van der Waals surface area contributed by atoms with Crippen LogP contribution in [-0.4, -0.2) is 19.3 Å². The van der Waals surface area contributed by atoms with Crippen molar-refractivity contribution in [2.75, 3.05) is 13.2 Å². The first kappa shape index (κ1) is 12.1. The molecular formula is C18H19NO. The van der Waals surface area contributed by atoms with Gasteiger partial charge >= 0.3 is 0 Å². The maximum absolute atomic E-state index is 5.51. The average Bonchev–Trinajstić information content (AvgIpc) is 3.00. The standard InChI is InChI=1S/C18H19NO/c1-3-7-16-13(5-1)11-14-6-2-4-8-17(14)18(16)19-15-9-10-20-12-15/h1-8,15,18-19H,9-12H2. The molecule has 0 radical (unpaired) electrons. The Morgan fingerprint density at radius 1 is 0.900 bits per heavy atom. The van der Waals surface area contributed by atoms with Gasteiger partial charge in [0.2, 0.25) is 0 Å². The van der Waals surface area contributed by atoms with Gasteiger partial charge in [-0.1, -0.05) is 48.5 Å². The zero-order valence-corrected chi connectivity index (χ0v) is 11.5. The molecule has 2 nitrogen and oxygen atoms in total. The minimum atomic E-state index is 0.308. The van der Waals surface area contributed by atoms with E-state index in [9.17, 15) is 0 Å². The van der Waals surface area contributed by atoms with E-state index in [4.69, 9.17) is 4.74 Å². The zero-order valence-electron chi connectivity index (χ0n) is 11.5. The lowest BCUT2D eigenvalue weighted by molar-refractivity contribution is 0.188. The third-order valence-corrected chi connectivity index (χ3v) is 4.45. The summed E-state index contributed by atoms with van der Waals surface area (Å²) in [5, 5.41) is 3.81. The molecule has 0 amide bonds. The fourth-order valence-electron chi connectivity index (χ4n) is 3.41. The Morgan fingerprint density at radius 3 is 2.15 bits per heavy atom. The maximum atomic E-state index is 5.51. The van der Waals surface area contributed by atoms with Crippen LogP contribution in [0.1, 0.15) is 34.7 Å². The molecule has 1 fully saturated rings. The predicted octanol–water partition coefficient (Wildman–Crippen LogP) is 3.06. The van der Waals surface area contributed by atoms with Crippen LogP contribution in [0.2, 0.25) is 0 Å². The molecule has 102 valence electrons. The third-order valence-electron chi connectivity index (χ3n) is 4.45. The number of rotatable bonds is 2. The van der Waals surface area contributed by atoms with Gasteiger partial charge in [0, 0.05) is 12.6 Å². The van der Waals surface area contributed by atoms with Crippen molar-refractivity contribution in [1.82, 2.24) is 5.32 Å². The van der Waals surface area contributed by atoms with Crippen molar-refractivity contribution < 1.29 is 4.74 Å². The van der Waals surface area contributed by atoms with Crippen LogP contribution < -0.4 is 5.32 Å². The van der Waals surface area contributed by atoms with Gasteiger partial charge in [-0.15, -0.1) is 0 Å². The van der Waals surface area contributed by atoms with Gasteiger partial charge in [-0.25, -0.2) is 0 Å². The fourth-order valence-corrected chi connectivity index (χ4v) is 3.41. The second kappa shape index (κ2) is 5.04. The van der Waals surface area contributed by atoms with Gasteiger partial charge in [-0.05, 0) is 35.1 Å². The van der Waals surface area contributed by atoms with Crippen LogP contribution in [0.25, 0.3) is 0 Å². The molecule has 0 spiro atoms. The molecule has 1 heterocycles. The lowest BCUT2D eigenvalue weighted by Crippen LogP contribution is -2.36. The Labute approximate surface area is 119 Å². The summed E-state index contributed by atoms with van der Waals surface area (Å²) in [4.78, 5) is 0. The topological polar surface area (TPSA) is 21.3 Å². The zero-order chi connectivity index (χ0) is 13.4. The first-order valence-electron chi connectivity index (χ1n) is 7.41. The largest absolute Gasteiger partial charge is 0.380 e. The van der Waals surface area contributed by atoms with E-state index >= 15 is 0 Å². The van der Waals surface area contributed by atoms with Crippen LogP contribution >= 0.6 is 0 Å². The van der Waals surface area contributed by atoms with Crippen molar-refractivity contribution in [3.05, 3.63) is 70.8 Å². The summed E-state index contributed by atoms with van der Waals surface area (Å²) in [5.41, 5.74) is 5.75. The first-order valence-corrected chi connectivity index (χ1v) is 7.41. The monoisotopic (exact) mass is 265 g/mol. The van der Waals surface area contributed by atoms with E-state index in [2.05, 4.69) is 53.8 Å². The fraction of sp³-hybridized carbons (Fsp3) is 0.333. The van der Waals surface area contributed by atoms with Crippen molar-refractivity contribution in [1.29, 1.82) is 0 Å². The molecule has 1 atom stereocenters. The van der Waals surface area contributed by atoms with Crippen LogP contribution in [0, 0.1) is 0 Å². The molecule has 1 aliphatic heterocycles. The Morgan fingerprint density at radius 2 is 1.55 bits per heavy atom. The van der Waals surface area contributed by atoms with Gasteiger partial charge < -0.3 is 10.1 Å². The molecule has 0 aromatic heterocycles. The highest BCUT2D eigenvalue weighted by molar-refractivity contribution is 5.48. The Balaban J connectivity index is 1.75. The number of hydrogen-bond donors (Lipinski definition) is 1. The van der Waals surface area contributed by atoms with Crippen LogP contribution in [0.3, 0.4) is 0 Å². The summed E-state index contributed by atoms with van der Waals surface area (Å²) in [5.74, 6) is 0. The van der Waals surface area contributed by atoms with Crippen molar-refractivity contribution in [3.63, 3.8) is 0 Å². The maximum Gasteiger partial charge on any atom is 0.0620 e. The molecule has 2 aromatic rings. The normalized spacial score (nSPS) is 21.5. The number of fused-ring (bicyclic) bond motifs is 2. The van der Waals surface area contributed by atoms with Gasteiger partial charge in [-0.3, -0.25) is 0 Å². The first-order chi connectivity index (χ1) is 9.92. The van der Waals surface area contributed by atoms with Gasteiger partial charge in [0.1, 0.15) is 0 Å². The summed E-state index contributed by atoms with van der Waals surface area (Å²) in [7, 11) is 0. The highest BCUT2D eigenvalue weighted by atomic mass is 16.5. The van der Waals surface area contributed by atoms with E-state index < -0.39 is 0 Å². The second-order valence-electron chi connectivity index (χ2n) is 5.73. The average molecular weight is 265 g/mol. The number of ether oxygens (including phenoxy) is 1. The van der Waals surface area contributed by atoms with E-state index in [-0.39, 0.29) is 0 Å². The molecule has 1 N–H and O–H groups in total. The molecule has 0 saturated carbocycles. The van der Waals surface area contributed by atoms with Crippen LogP contribution in [0.4, 0.5) is 0 Å².